The van der Waals surface area contributed by atoms with E-state index in [4.69, 9.17) is 39.3 Å². The third-order valence-electron chi connectivity index (χ3n) is 2.81. The predicted molar refractivity (Wildman–Crippen MR) is 103 cm³/mol. The minimum Gasteiger partial charge on any atom is 0 e. The van der Waals surface area contributed by atoms with Crippen molar-refractivity contribution in [2.75, 3.05) is 20.0 Å². The minimum absolute atomic E-state index is 0. The molecule has 1 aromatic carbocycles. The van der Waals surface area contributed by atoms with E-state index in [0.717, 1.165) is 0 Å². The van der Waals surface area contributed by atoms with Crippen molar-refractivity contribution in [3.63, 3.8) is 0 Å². The smallest absolute Gasteiger partial charge is 0 e. The predicted octanol–water partition coefficient (Wildman–Crippen LogP) is 5.65. The van der Waals surface area contributed by atoms with Crippen LogP contribution in [0, 0.1) is 47.9 Å². The van der Waals surface area contributed by atoms with Crippen LogP contribution in [0.3, 0.4) is 0 Å². The molecule has 0 saturated carbocycles. The molecule has 2 nitrogen and oxygen atoms in total. The molecule has 0 aliphatic rings. The largest absolute Gasteiger partial charge is 0 e. The van der Waals surface area contributed by atoms with Gasteiger partial charge in [0.2, 0.25) is 0 Å². The zero-order valence-electron chi connectivity index (χ0n) is 14.9. The molecule has 0 bridgehead atoms. The Morgan fingerprint density at radius 1 is 0.826 bits per heavy atom. The Kier molecular flexibility index (Phi) is 36.0. The van der Waals surface area contributed by atoms with Crippen LogP contribution >= 0.6 is 38.0 Å². The van der Waals surface area contributed by atoms with Gasteiger partial charge >= 0.3 is 64.2 Å². The SMILES string of the molecule is C[PH+](C)C.Cc1c(C)c(C)[c-](C)c1C.[C-]#[O+].[C-]#[O+].[Cl][Ge]([Cl])[Cl].[Mo]. The van der Waals surface area contributed by atoms with Gasteiger partial charge in [-0.3, -0.25) is 0 Å². The first-order chi connectivity index (χ1) is 10.0. The second-order valence-electron chi connectivity index (χ2n) is 4.84. The molecular weight excluding hydrogens is 518 g/mol. The molecule has 1 rings (SSSR count). The van der Waals surface area contributed by atoms with Crippen LogP contribution in [0.25, 0.3) is 0 Å². The maximum atomic E-state index is 7.50. The summed E-state index contributed by atoms with van der Waals surface area (Å²) in [7, 11) is 15.0. The summed E-state index contributed by atoms with van der Waals surface area (Å²) in [6.45, 7) is 26.8. The summed E-state index contributed by atoms with van der Waals surface area (Å²) in [6, 6.07) is 0. The summed E-state index contributed by atoms with van der Waals surface area (Å²) in [5, 5.41) is 0. The van der Waals surface area contributed by atoms with Gasteiger partial charge in [0.05, 0.1) is 0 Å². The molecule has 0 saturated heterocycles. The first-order valence-electron chi connectivity index (χ1n) is 6.23. The van der Waals surface area contributed by atoms with Gasteiger partial charge in [-0.2, -0.15) is 27.8 Å². The number of rotatable bonds is 0. The average Bonchev–Trinajstić information content (AvgIpc) is 2.60. The van der Waals surface area contributed by atoms with Crippen molar-refractivity contribution in [3.8, 4) is 0 Å². The third-order valence-corrected chi connectivity index (χ3v) is 2.81. The number of hydrogen-bond donors (Lipinski definition) is 0. The van der Waals surface area contributed by atoms with Crippen LogP contribution in [0.4, 0.5) is 0 Å². The third kappa shape index (κ3) is 23.4. The van der Waals surface area contributed by atoms with Gasteiger partial charge in [-0.1, -0.05) is 34.6 Å². The van der Waals surface area contributed by atoms with E-state index < -0.39 is 11.6 Å². The molecule has 0 atom stereocenters. The van der Waals surface area contributed by atoms with E-state index in [0.29, 0.717) is 0 Å². The Balaban J connectivity index is -0.0000000708. The van der Waals surface area contributed by atoms with Gasteiger partial charge in [0, 0.05) is 41.1 Å². The summed E-state index contributed by atoms with van der Waals surface area (Å²) in [5.74, 6) is 0. The molecule has 0 spiro atoms. The van der Waals surface area contributed by atoms with Crippen LogP contribution in [-0.4, -0.2) is 31.6 Å². The van der Waals surface area contributed by atoms with Crippen LogP contribution in [0.15, 0.2) is 0 Å². The quantitative estimate of drug-likeness (QED) is 0.176. The molecular formula is C15H25Cl3GeMoO2P. The Hall–Kier alpha value is 1.36. The van der Waals surface area contributed by atoms with E-state index in [9.17, 15) is 0 Å². The number of halogens is 3. The fourth-order valence-corrected chi connectivity index (χ4v) is 1.41. The molecule has 1 radical (unpaired) electrons. The van der Waals surface area contributed by atoms with Gasteiger partial charge in [0.25, 0.3) is 0 Å². The van der Waals surface area contributed by atoms with Crippen LogP contribution in [0.1, 0.15) is 27.8 Å². The topological polar surface area (TPSA) is 39.8 Å². The molecule has 0 aliphatic carbocycles. The van der Waals surface area contributed by atoms with Crippen molar-refractivity contribution in [2.24, 2.45) is 0 Å². The molecule has 8 heteroatoms. The Bertz CT molecular complexity index is 336. The summed E-state index contributed by atoms with van der Waals surface area (Å²) in [6.07, 6.45) is 0. The van der Waals surface area contributed by atoms with E-state index in [-0.39, 0.29) is 29.0 Å². The van der Waals surface area contributed by atoms with Crippen molar-refractivity contribution < 1.29 is 30.4 Å². The molecule has 0 fully saturated rings. The normalized spacial score (nSPS) is 7.87. The van der Waals surface area contributed by atoms with Gasteiger partial charge in [0.1, 0.15) is 0 Å². The number of hydrogen-bond acceptors (Lipinski definition) is 0. The van der Waals surface area contributed by atoms with E-state index in [1.165, 1.54) is 27.8 Å². The fourth-order valence-electron chi connectivity index (χ4n) is 1.41. The van der Waals surface area contributed by atoms with Gasteiger partial charge in [-0.25, -0.2) is 0 Å². The van der Waals surface area contributed by atoms with E-state index in [1.807, 2.05) is 0 Å². The van der Waals surface area contributed by atoms with Crippen LogP contribution in [0.2, 0.25) is 0 Å². The van der Waals surface area contributed by atoms with E-state index in [1.54, 1.807) is 0 Å². The molecule has 1 aromatic rings. The Morgan fingerprint density at radius 3 is 1.00 bits per heavy atom. The maximum Gasteiger partial charge on any atom is 0 e. The molecule has 0 amide bonds. The van der Waals surface area contributed by atoms with Gasteiger partial charge in [-0.05, 0) is 7.92 Å². The molecule has 23 heavy (non-hydrogen) atoms. The van der Waals surface area contributed by atoms with Gasteiger partial charge in [0.15, 0.2) is 0 Å². The molecule has 0 aliphatic heterocycles. The maximum absolute atomic E-state index is 7.50. The summed E-state index contributed by atoms with van der Waals surface area (Å²) >= 11 is -1.92. The van der Waals surface area contributed by atoms with Crippen LogP contribution in [0.5, 0.6) is 0 Å². The minimum atomic E-state index is -1.92. The average molecular weight is 543 g/mol. The second-order valence-corrected chi connectivity index (χ2v) is 17.6. The molecule has 133 valence electrons. The first kappa shape index (κ1) is 35.5. The molecule has 0 heterocycles. The Morgan fingerprint density at radius 2 is 0.957 bits per heavy atom. The summed E-state index contributed by atoms with van der Waals surface area (Å²) in [4.78, 5) is 0. The standard InChI is InChI=1S/C10H15.C3H9P.2CO.Cl3Ge.Mo/c1-6-7(2)9(4)10(5)8(6)3;1-4(2)3;2*1-2;1-4(2)3;/h1-5H3;1-3H3;;;;/q-1;;;;;/p+1. The van der Waals surface area contributed by atoms with E-state index in [2.05, 4.69) is 67.9 Å². The molecule has 0 unspecified atom stereocenters. The van der Waals surface area contributed by atoms with Crippen LogP contribution < -0.4 is 0 Å². The van der Waals surface area contributed by atoms with E-state index >= 15 is 0 Å². The summed E-state index contributed by atoms with van der Waals surface area (Å²) < 4.78 is 15.0. The first-order valence-corrected chi connectivity index (χ1v) is 17.5. The van der Waals surface area contributed by atoms with Crippen molar-refractivity contribution >= 4 is 49.5 Å². The second kappa shape index (κ2) is 23.4. The fraction of sp³-hybridized carbons (Fsp3) is 0.533. The Labute approximate surface area is 174 Å². The zero-order valence-corrected chi connectivity index (χ0v) is 22.2. The van der Waals surface area contributed by atoms with Crippen molar-refractivity contribution in [3.05, 3.63) is 41.1 Å². The monoisotopic (exact) mass is 545 g/mol. The zero-order chi connectivity index (χ0) is 19.0. The van der Waals surface area contributed by atoms with Gasteiger partial charge in [-0.15, -0.1) is 0 Å². The summed E-state index contributed by atoms with van der Waals surface area (Å²) in [5.41, 5.74) is 7.34. The van der Waals surface area contributed by atoms with Crippen molar-refractivity contribution in [1.29, 1.82) is 0 Å². The molecule has 0 aromatic heterocycles. The van der Waals surface area contributed by atoms with Crippen molar-refractivity contribution in [2.45, 2.75) is 34.6 Å². The van der Waals surface area contributed by atoms with Crippen molar-refractivity contribution in [1.82, 2.24) is 0 Å². The van der Waals surface area contributed by atoms with Gasteiger partial charge < -0.3 is 0 Å². The molecule has 0 N–H and O–H groups in total. The van der Waals surface area contributed by atoms with Crippen LogP contribution in [-0.2, 0) is 30.4 Å².